The first-order valence-corrected chi connectivity index (χ1v) is 11.0. The zero-order valence-corrected chi connectivity index (χ0v) is 20.8. The normalized spacial score (nSPS) is 12.5. The Morgan fingerprint density at radius 1 is 0.676 bits per heavy atom. The van der Waals surface area contributed by atoms with Gasteiger partial charge in [0.05, 0.1) is 12.8 Å². The number of aliphatic imine (C=N–C) groups is 1. The first-order valence-electron chi connectivity index (χ1n) is 11.0. The molecular formula is C27H33NO6. The lowest BCUT2D eigenvalue weighted by molar-refractivity contribution is -0.178. The van der Waals surface area contributed by atoms with Crippen LogP contribution in [-0.4, -0.2) is 48.0 Å². The summed E-state index contributed by atoms with van der Waals surface area (Å²) in [6.45, 7) is 10.0. The second kappa shape index (κ2) is 11.1. The van der Waals surface area contributed by atoms with Crippen molar-refractivity contribution in [1.29, 1.82) is 0 Å². The van der Waals surface area contributed by atoms with Gasteiger partial charge in [0.15, 0.2) is 12.0 Å². The fraction of sp³-hybridized carbons (Fsp3) is 0.407. The van der Waals surface area contributed by atoms with Gasteiger partial charge in [-0.15, -0.1) is 0 Å². The molecule has 2 aromatic rings. The van der Waals surface area contributed by atoms with Gasteiger partial charge >= 0.3 is 17.9 Å². The summed E-state index contributed by atoms with van der Waals surface area (Å²) in [6.07, 6.45) is 0. The zero-order chi connectivity index (χ0) is 25.5. The van der Waals surface area contributed by atoms with Crippen molar-refractivity contribution in [2.75, 3.05) is 7.11 Å². The molecule has 0 fully saturated rings. The van der Waals surface area contributed by atoms with Crippen molar-refractivity contribution in [1.82, 2.24) is 0 Å². The molecule has 0 aliphatic carbocycles. The van der Waals surface area contributed by atoms with Crippen LogP contribution in [0.5, 0.6) is 0 Å². The van der Waals surface area contributed by atoms with E-state index in [9.17, 15) is 14.4 Å². The van der Waals surface area contributed by atoms with Crippen LogP contribution in [-0.2, 0) is 28.6 Å². The van der Waals surface area contributed by atoms with Crippen LogP contribution in [0.25, 0.3) is 0 Å². The summed E-state index contributed by atoms with van der Waals surface area (Å²) < 4.78 is 15.9. The molecule has 7 nitrogen and oxygen atoms in total. The molecule has 0 saturated heterocycles. The molecule has 0 aliphatic rings. The number of benzene rings is 2. The summed E-state index contributed by atoms with van der Waals surface area (Å²) in [6, 6.07) is 16.8. The van der Waals surface area contributed by atoms with Crippen molar-refractivity contribution >= 4 is 23.6 Å². The highest BCUT2D eigenvalue weighted by molar-refractivity contribution is 6.14. The number of carbonyl (C=O) groups is 3. The molecule has 0 radical (unpaired) electrons. The summed E-state index contributed by atoms with van der Waals surface area (Å²) >= 11 is 0. The maximum Gasteiger partial charge on any atom is 0.332 e. The molecule has 2 aromatic carbocycles. The SMILES string of the molecule is COC(=O)[C@@H](N=C(c1ccccc1)c1ccccc1)C(C(=O)OC(C)(C)C)C(=O)OC(C)(C)C. The van der Waals surface area contributed by atoms with Crippen molar-refractivity contribution in [3.8, 4) is 0 Å². The average Bonchev–Trinajstić information content (AvgIpc) is 2.74. The van der Waals surface area contributed by atoms with Gasteiger partial charge < -0.3 is 14.2 Å². The van der Waals surface area contributed by atoms with Gasteiger partial charge in [-0.1, -0.05) is 60.7 Å². The second-order valence-electron chi connectivity index (χ2n) is 9.72. The van der Waals surface area contributed by atoms with Gasteiger partial charge in [0, 0.05) is 11.1 Å². The minimum Gasteiger partial charge on any atom is -0.467 e. The molecule has 7 heteroatoms. The van der Waals surface area contributed by atoms with Gasteiger partial charge in [0.1, 0.15) is 11.2 Å². The van der Waals surface area contributed by atoms with E-state index in [0.717, 1.165) is 0 Å². The number of hydrogen-bond donors (Lipinski definition) is 0. The van der Waals surface area contributed by atoms with E-state index in [-0.39, 0.29) is 0 Å². The first kappa shape index (κ1) is 26.8. The number of carbonyl (C=O) groups excluding carboxylic acids is 3. The number of rotatable bonds is 7. The van der Waals surface area contributed by atoms with Crippen LogP contribution in [0.4, 0.5) is 0 Å². The van der Waals surface area contributed by atoms with Gasteiger partial charge in [-0.2, -0.15) is 0 Å². The quantitative estimate of drug-likeness (QED) is 0.260. The summed E-state index contributed by atoms with van der Waals surface area (Å²) in [5.41, 5.74) is 0.0329. The predicted octanol–water partition coefficient (Wildman–Crippen LogP) is 4.37. The van der Waals surface area contributed by atoms with Gasteiger partial charge in [-0.3, -0.25) is 14.6 Å². The van der Waals surface area contributed by atoms with Crippen molar-refractivity contribution < 1.29 is 28.6 Å². The van der Waals surface area contributed by atoms with E-state index >= 15 is 0 Å². The molecule has 0 amide bonds. The molecule has 0 aromatic heterocycles. The maximum absolute atomic E-state index is 13.2. The number of hydrogen-bond acceptors (Lipinski definition) is 7. The van der Waals surface area contributed by atoms with Crippen LogP contribution in [0.3, 0.4) is 0 Å². The number of nitrogens with zero attached hydrogens (tertiary/aromatic N) is 1. The Hall–Kier alpha value is -3.48. The predicted molar refractivity (Wildman–Crippen MR) is 130 cm³/mol. The fourth-order valence-electron chi connectivity index (χ4n) is 3.12. The van der Waals surface area contributed by atoms with Crippen molar-refractivity contribution in [2.45, 2.75) is 58.8 Å². The maximum atomic E-state index is 13.2. The van der Waals surface area contributed by atoms with Crippen LogP contribution >= 0.6 is 0 Å². The largest absolute Gasteiger partial charge is 0.467 e. The molecule has 0 heterocycles. The van der Waals surface area contributed by atoms with Gasteiger partial charge in [-0.25, -0.2) is 4.79 Å². The summed E-state index contributed by atoms with van der Waals surface area (Å²) in [4.78, 5) is 44.0. The molecule has 0 saturated carbocycles. The minimum atomic E-state index is -1.66. The van der Waals surface area contributed by atoms with Crippen LogP contribution in [0.2, 0.25) is 0 Å². The molecule has 1 atom stereocenters. The zero-order valence-electron chi connectivity index (χ0n) is 20.8. The molecule has 34 heavy (non-hydrogen) atoms. The van der Waals surface area contributed by atoms with E-state index in [1.807, 2.05) is 60.7 Å². The number of esters is 3. The van der Waals surface area contributed by atoms with E-state index in [1.54, 1.807) is 41.5 Å². The third-order valence-corrected chi connectivity index (χ3v) is 4.44. The van der Waals surface area contributed by atoms with Crippen LogP contribution < -0.4 is 0 Å². The summed E-state index contributed by atoms with van der Waals surface area (Å²) in [7, 11) is 1.18. The Bertz CT molecular complexity index is 947. The van der Waals surface area contributed by atoms with Crippen molar-refractivity contribution in [3.63, 3.8) is 0 Å². The van der Waals surface area contributed by atoms with E-state index in [4.69, 9.17) is 14.2 Å². The third-order valence-electron chi connectivity index (χ3n) is 4.44. The van der Waals surface area contributed by atoms with E-state index < -0.39 is 41.1 Å². The van der Waals surface area contributed by atoms with Crippen molar-refractivity contribution in [2.24, 2.45) is 10.9 Å². The lowest BCUT2D eigenvalue weighted by atomic mass is 9.96. The molecule has 0 bridgehead atoms. The van der Waals surface area contributed by atoms with Crippen LogP contribution in [0.15, 0.2) is 65.7 Å². The highest BCUT2D eigenvalue weighted by Crippen LogP contribution is 2.23. The average molecular weight is 468 g/mol. The van der Waals surface area contributed by atoms with Crippen molar-refractivity contribution in [3.05, 3.63) is 71.8 Å². The Morgan fingerprint density at radius 2 is 1.06 bits per heavy atom. The Kier molecular flexibility index (Phi) is 8.74. The standard InChI is InChI=1S/C27H33NO6/c1-26(2,3)33-23(29)20(24(30)34-27(4,5)6)22(25(31)32-7)28-21(18-14-10-8-11-15-18)19-16-12-9-13-17-19/h8-17,20,22H,1-7H3/t22-/m0/s1. The lowest BCUT2D eigenvalue weighted by Gasteiger charge is -2.28. The highest BCUT2D eigenvalue weighted by Gasteiger charge is 2.45. The summed E-state index contributed by atoms with van der Waals surface area (Å²) in [5, 5.41) is 0. The Morgan fingerprint density at radius 3 is 1.38 bits per heavy atom. The molecule has 0 aliphatic heterocycles. The molecule has 0 spiro atoms. The highest BCUT2D eigenvalue weighted by atomic mass is 16.6. The first-order chi connectivity index (χ1) is 15.8. The number of methoxy groups -OCH3 is 1. The Balaban J connectivity index is 2.71. The van der Waals surface area contributed by atoms with Gasteiger partial charge in [0.25, 0.3) is 0 Å². The Labute approximate surface area is 201 Å². The lowest BCUT2D eigenvalue weighted by Crippen LogP contribution is -2.46. The monoisotopic (exact) mass is 467 g/mol. The third kappa shape index (κ3) is 7.83. The second-order valence-corrected chi connectivity index (χ2v) is 9.72. The molecule has 182 valence electrons. The smallest absolute Gasteiger partial charge is 0.332 e. The van der Waals surface area contributed by atoms with E-state index in [0.29, 0.717) is 16.8 Å². The summed E-state index contributed by atoms with van der Waals surface area (Å²) in [5.74, 6) is -4.35. The fourth-order valence-corrected chi connectivity index (χ4v) is 3.12. The van der Waals surface area contributed by atoms with Gasteiger partial charge in [0.2, 0.25) is 0 Å². The minimum absolute atomic E-state index is 0.425. The topological polar surface area (TPSA) is 91.3 Å². The van der Waals surface area contributed by atoms with Crippen LogP contribution in [0.1, 0.15) is 52.7 Å². The molecular weight excluding hydrogens is 434 g/mol. The van der Waals surface area contributed by atoms with Gasteiger partial charge in [-0.05, 0) is 41.5 Å². The molecule has 2 rings (SSSR count). The molecule has 0 unspecified atom stereocenters. The van der Waals surface area contributed by atoms with E-state index in [2.05, 4.69) is 4.99 Å². The molecule has 0 N–H and O–H groups in total. The van der Waals surface area contributed by atoms with Crippen LogP contribution in [0, 0.1) is 5.92 Å². The van der Waals surface area contributed by atoms with E-state index in [1.165, 1.54) is 7.11 Å². The number of ether oxygens (including phenoxy) is 3.